The minimum atomic E-state index is -0.343. The maximum absolute atomic E-state index is 6.43. The van der Waals surface area contributed by atoms with E-state index in [4.69, 9.17) is 13.8 Å². The molecule has 0 radical (unpaired) electrons. The first kappa shape index (κ1) is 24.9. The Bertz CT molecular complexity index is 2960. The Hall–Kier alpha value is -6.33. The summed E-state index contributed by atoms with van der Waals surface area (Å²) in [7, 11) is 0. The maximum Gasteiger partial charge on any atom is 0.221 e. The Morgan fingerprint density at radius 3 is 2.04 bits per heavy atom. The zero-order valence-electron chi connectivity index (χ0n) is 25.1. The van der Waals surface area contributed by atoms with Crippen molar-refractivity contribution in [3.63, 3.8) is 0 Å². The number of furan rings is 2. The molecule has 5 nitrogen and oxygen atoms in total. The molecule has 7 aromatic carbocycles. The summed E-state index contributed by atoms with van der Waals surface area (Å²) in [5.74, 6) is 1.55. The third-order valence-electron chi connectivity index (χ3n) is 9.83. The first-order chi connectivity index (χ1) is 23.3. The lowest BCUT2D eigenvalue weighted by molar-refractivity contribution is 0.621. The largest absolute Gasteiger partial charge is 0.456 e. The van der Waals surface area contributed by atoms with Gasteiger partial charge in [-0.15, -0.1) is 0 Å². The van der Waals surface area contributed by atoms with Crippen LogP contribution in [0.2, 0.25) is 0 Å². The van der Waals surface area contributed by atoms with E-state index < -0.39 is 0 Å². The number of hydrogen-bond donors (Lipinski definition) is 1. The summed E-state index contributed by atoms with van der Waals surface area (Å²) in [5, 5.41) is 14.2. The van der Waals surface area contributed by atoms with Crippen LogP contribution >= 0.6 is 0 Å². The van der Waals surface area contributed by atoms with Gasteiger partial charge in [-0.1, -0.05) is 97.1 Å². The predicted octanol–water partition coefficient (Wildman–Crippen LogP) is 11.5. The van der Waals surface area contributed by atoms with Crippen LogP contribution in [0.1, 0.15) is 11.6 Å². The summed E-state index contributed by atoms with van der Waals surface area (Å²) in [6.45, 7) is 0. The van der Waals surface area contributed by atoms with Crippen molar-refractivity contribution in [2.75, 3.05) is 5.32 Å². The van der Waals surface area contributed by atoms with Crippen LogP contribution in [0.3, 0.4) is 0 Å². The van der Waals surface area contributed by atoms with Gasteiger partial charge in [0.05, 0.1) is 11.0 Å². The van der Waals surface area contributed by atoms with Gasteiger partial charge in [0.1, 0.15) is 34.3 Å². The Kier molecular flexibility index (Phi) is 4.83. The number of aromatic nitrogens is 1. The maximum atomic E-state index is 6.43. The van der Waals surface area contributed by atoms with Crippen LogP contribution in [0.5, 0.6) is 0 Å². The number of aliphatic imine (C=N–C) groups is 1. The number of nitrogens with zero attached hydrogens (tertiary/aromatic N) is 2. The molecule has 0 amide bonds. The van der Waals surface area contributed by atoms with Crippen LogP contribution in [0.4, 0.5) is 11.6 Å². The lowest BCUT2D eigenvalue weighted by Gasteiger charge is -2.27. The summed E-state index contributed by atoms with van der Waals surface area (Å²) in [6.07, 6.45) is 0. The van der Waals surface area contributed by atoms with Crippen molar-refractivity contribution in [2.24, 2.45) is 4.99 Å². The molecule has 220 valence electrons. The fourth-order valence-electron chi connectivity index (χ4n) is 7.77. The number of fused-ring (bicyclic) bond motifs is 12. The lowest BCUT2D eigenvalue weighted by atomic mass is 9.97. The zero-order chi connectivity index (χ0) is 30.6. The second-order valence-corrected chi connectivity index (χ2v) is 12.4. The normalized spacial score (nSPS) is 14.9. The minimum Gasteiger partial charge on any atom is -0.456 e. The highest BCUT2D eigenvalue weighted by Gasteiger charge is 2.33. The Morgan fingerprint density at radius 1 is 0.511 bits per heavy atom. The molecule has 1 unspecified atom stereocenters. The fourth-order valence-corrected chi connectivity index (χ4v) is 7.77. The highest BCUT2D eigenvalue weighted by molar-refractivity contribution is 6.27. The molecule has 0 saturated heterocycles. The highest BCUT2D eigenvalue weighted by atomic mass is 16.4. The summed E-state index contributed by atoms with van der Waals surface area (Å²) in [4.78, 5) is 5.56. The average Bonchev–Trinajstić information content (AvgIpc) is 3.79. The van der Waals surface area contributed by atoms with Gasteiger partial charge in [-0.2, -0.15) is 0 Å². The summed E-state index contributed by atoms with van der Waals surface area (Å²) in [5.41, 5.74) is 6.63. The number of para-hydroxylation sites is 2. The van der Waals surface area contributed by atoms with Gasteiger partial charge >= 0.3 is 0 Å². The van der Waals surface area contributed by atoms with Gasteiger partial charge in [0, 0.05) is 26.9 Å². The third kappa shape index (κ3) is 3.40. The number of anilines is 1. The molecule has 0 saturated carbocycles. The van der Waals surface area contributed by atoms with Gasteiger partial charge < -0.3 is 14.2 Å². The molecule has 11 rings (SSSR count). The molecule has 3 aromatic heterocycles. The van der Waals surface area contributed by atoms with E-state index in [2.05, 4.69) is 113 Å². The molecular weight excluding hydrogens is 578 g/mol. The quantitative estimate of drug-likeness (QED) is 0.203. The van der Waals surface area contributed by atoms with E-state index in [1.165, 1.54) is 32.3 Å². The van der Waals surface area contributed by atoms with E-state index >= 15 is 0 Å². The van der Waals surface area contributed by atoms with Crippen molar-refractivity contribution in [1.82, 2.24) is 4.57 Å². The Balaban J connectivity index is 1.31. The minimum absolute atomic E-state index is 0.343. The number of rotatable bonds is 1. The molecule has 0 bridgehead atoms. The van der Waals surface area contributed by atoms with Crippen LogP contribution in [0, 0.1) is 0 Å². The fraction of sp³-hybridized carbons (Fsp3) is 0.0238. The van der Waals surface area contributed by atoms with Crippen LogP contribution in [0.15, 0.2) is 153 Å². The van der Waals surface area contributed by atoms with Gasteiger partial charge in [-0.25, -0.2) is 4.99 Å². The predicted molar refractivity (Wildman–Crippen MR) is 193 cm³/mol. The molecule has 1 N–H and O–H groups in total. The van der Waals surface area contributed by atoms with E-state index in [-0.39, 0.29) is 6.04 Å². The number of nitrogens with one attached hydrogen (secondary N) is 1. The van der Waals surface area contributed by atoms with Crippen LogP contribution in [-0.4, -0.2) is 10.4 Å². The summed E-state index contributed by atoms with van der Waals surface area (Å²) >= 11 is 0. The van der Waals surface area contributed by atoms with Gasteiger partial charge in [0.2, 0.25) is 5.88 Å². The summed E-state index contributed by atoms with van der Waals surface area (Å²) in [6, 6.07) is 48.7. The average molecular weight is 604 g/mol. The third-order valence-corrected chi connectivity index (χ3v) is 9.83. The first-order valence-corrected chi connectivity index (χ1v) is 15.9. The SMILES string of the molecule is c1ccc2cc3c(cc2c1)c1c2ccccc2ccc1n3C1=Nc2c(oc3ccccc23)NC1c1cccc2oc3ccccc3c12. The van der Waals surface area contributed by atoms with Gasteiger partial charge in [0.15, 0.2) is 0 Å². The number of benzene rings is 7. The second kappa shape index (κ2) is 9.12. The molecule has 1 aliphatic heterocycles. The van der Waals surface area contributed by atoms with Crippen molar-refractivity contribution in [3.05, 3.63) is 145 Å². The van der Waals surface area contributed by atoms with E-state index in [0.29, 0.717) is 5.88 Å². The zero-order valence-corrected chi connectivity index (χ0v) is 25.1. The molecule has 0 spiro atoms. The Morgan fingerprint density at radius 2 is 1.19 bits per heavy atom. The van der Waals surface area contributed by atoms with Crippen molar-refractivity contribution in [2.45, 2.75) is 6.04 Å². The van der Waals surface area contributed by atoms with Crippen LogP contribution in [0.25, 0.3) is 76.3 Å². The van der Waals surface area contributed by atoms with Crippen molar-refractivity contribution >= 4 is 93.7 Å². The highest BCUT2D eigenvalue weighted by Crippen LogP contribution is 2.47. The van der Waals surface area contributed by atoms with E-state index in [1.54, 1.807) is 0 Å². The van der Waals surface area contributed by atoms with E-state index in [1.807, 2.05) is 36.4 Å². The molecule has 1 aliphatic rings. The molecule has 5 heteroatoms. The van der Waals surface area contributed by atoms with Gasteiger partial charge in [-0.05, 0) is 69.6 Å². The first-order valence-electron chi connectivity index (χ1n) is 15.9. The monoisotopic (exact) mass is 603 g/mol. The van der Waals surface area contributed by atoms with Crippen molar-refractivity contribution < 1.29 is 8.83 Å². The molecule has 1 atom stereocenters. The molecule has 0 aliphatic carbocycles. The number of hydrogen-bond acceptors (Lipinski definition) is 4. The topological polar surface area (TPSA) is 55.6 Å². The van der Waals surface area contributed by atoms with Crippen LogP contribution in [-0.2, 0) is 0 Å². The molecule has 0 fully saturated rings. The van der Waals surface area contributed by atoms with Crippen molar-refractivity contribution in [3.8, 4) is 0 Å². The lowest BCUT2D eigenvalue weighted by Crippen LogP contribution is -2.29. The van der Waals surface area contributed by atoms with Gasteiger partial charge in [-0.3, -0.25) is 4.57 Å². The van der Waals surface area contributed by atoms with Crippen LogP contribution < -0.4 is 5.32 Å². The summed E-state index contributed by atoms with van der Waals surface area (Å²) < 4.78 is 15.2. The van der Waals surface area contributed by atoms with E-state index in [9.17, 15) is 0 Å². The molecule has 47 heavy (non-hydrogen) atoms. The Labute approximate surface area is 267 Å². The molecular formula is C42H25N3O2. The van der Waals surface area contributed by atoms with E-state index in [0.717, 1.165) is 61.0 Å². The molecule has 10 aromatic rings. The second-order valence-electron chi connectivity index (χ2n) is 12.4. The standard InChI is InChI=1S/C42H25N3O2/c1-2-12-26-23-33-31(22-25(26)11-1)37-27-13-4-3-10-24(27)20-21-32(37)45(33)41-39(44-42-40(43-41)29-15-6-8-18-35(29)47-42)30-16-9-19-36-38(30)28-14-5-7-17-34(28)46-36/h1-23,39,44H. The van der Waals surface area contributed by atoms with Gasteiger partial charge in [0.25, 0.3) is 0 Å². The van der Waals surface area contributed by atoms with Crippen molar-refractivity contribution in [1.29, 1.82) is 0 Å². The molecule has 4 heterocycles. The smallest absolute Gasteiger partial charge is 0.221 e.